The van der Waals surface area contributed by atoms with Crippen molar-refractivity contribution >= 4 is 16.9 Å². The number of carbonyl (C=O) groups excluding carboxylic acids is 1. The van der Waals surface area contributed by atoms with Gasteiger partial charge >= 0.3 is 0 Å². The number of fused-ring (bicyclic) bond motifs is 1. The van der Waals surface area contributed by atoms with E-state index in [0.29, 0.717) is 6.42 Å². The van der Waals surface area contributed by atoms with E-state index >= 15 is 0 Å². The van der Waals surface area contributed by atoms with Gasteiger partial charge < -0.3 is 9.42 Å². The number of nitrogens with zero attached hydrogens (tertiary/aromatic N) is 3. The zero-order valence-corrected chi connectivity index (χ0v) is 12.9. The fourth-order valence-electron chi connectivity index (χ4n) is 3.44. The highest BCUT2D eigenvalue weighted by Gasteiger charge is 2.35. The molecular formula is C17H21N3O2. The van der Waals surface area contributed by atoms with Crippen molar-refractivity contribution in [2.24, 2.45) is 0 Å². The van der Waals surface area contributed by atoms with Crippen LogP contribution in [0.15, 0.2) is 28.8 Å². The average molecular weight is 299 g/mol. The van der Waals surface area contributed by atoms with Crippen LogP contribution in [0.5, 0.6) is 0 Å². The number of benzene rings is 1. The van der Waals surface area contributed by atoms with Gasteiger partial charge in [0.1, 0.15) is 5.69 Å². The lowest BCUT2D eigenvalue weighted by molar-refractivity contribution is -0.135. The normalized spacial score (nSPS) is 23.1. The zero-order valence-electron chi connectivity index (χ0n) is 12.9. The molecule has 1 aliphatic carbocycles. The first kappa shape index (κ1) is 13.8. The van der Waals surface area contributed by atoms with Crippen LogP contribution in [0.25, 0.3) is 11.0 Å². The Bertz CT molecular complexity index is 692. The predicted molar refractivity (Wildman–Crippen MR) is 83.5 cm³/mol. The molecule has 5 nitrogen and oxygen atoms in total. The maximum Gasteiger partial charge on any atom is 0.229 e. The number of aromatic nitrogens is 1. The predicted octanol–water partition coefficient (Wildman–Crippen LogP) is 2.07. The SMILES string of the molecule is CC1CN(C2CC2)CCN1C(=O)Cc1noc2ccccc12. The van der Waals surface area contributed by atoms with Crippen molar-refractivity contribution in [2.45, 2.75) is 38.3 Å². The molecule has 0 N–H and O–H groups in total. The minimum atomic E-state index is 0.155. The fraction of sp³-hybridized carbons (Fsp3) is 0.529. The van der Waals surface area contributed by atoms with Gasteiger partial charge in [-0.15, -0.1) is 0 Å². The fourth-order valence-corrected chi connectivity index (χ4v) is 3.44. The van der Waals surface area contributed by atoms with Gasteiger partial charge in [-0.25, -0.2) is 0 Å². The van der Waals surface area contributed by atoms with Gasteiger partial charge in [0.05, 0.1) is 6.42 Å². The molecule has 1 saturated carbocycles. The summed E-state index contributed by atoms with van der Waals surface area (Å²) in [5.74, 6) is 0.155. The molecule has 1 aliphatic heterocycles. The molecule has 2 aliphatic rings. The lowest BCUT2D eigenvalue weighted by Gasteiger charge is -2.40. The van der Waals surface area contributed by atoms with Crippen LogP contribution in [0, 0.1) is 0 Å². The lowest BCUT2D eigenvalue weighted by atomic mass is 10.1. The summed E-state index contributed by atoms with van der Waals surface area (Å²) in [6.45, 7) is 4.97. The van der Waals surface area contributed by atoms with E-state index in [1.807, 2.05) is 29.2 Å². The van der Waals surface area contributed by atoms with Crippen molar-refractivity contribution in [3.8, 4) is 0 Å². The molecule has 2 fully saturated rings. The molecule has 1 unspecified atom stereocenters. The van der Waals surface area contributed by atoms with Gasteiger partial charge in [0, 0.05) is 37.1 Å². The van der Waals surface area contributed by atoms with E-state index < -0.39 is 0 Å². The maximum absolute atomic E-state index is 12.6. The number of carbonyl (C=O) groups is 1. The van der Waals surface area contributed by atoms with Crippen LogP contribution in [0.3, 0.4) is 0 Å². The standard InChI is InChI=1S/C17H21N3O2/c1-12-11-19(13-6-7-13)8-9-20(12)17(21)10-15-14-4-2-3-5-16(14)22-18-15/h2-5,12-13H,6-11H2,1H3. The van der Waals surface area contributed by atoms with Crippen LogP contribution >= 0.6 is 0 Å². The van der Waals surface area contributed by atoms with Crippen LogP contribution in [0.2, 0.25) is 0 Å². The van der Waals surface area contributed by atoms with Gasteiger partial charge in [0.15, 0.2) is 5.58 Å². The smallest absolute Gasteiger partial charge is 0.229 e. The Kier molecular flexibility index (Phi) is 3.37. The van der Waals surface area contributed by atoms with Gasteiger partial charge in [-0.05, 0) is 31.9 Å². The largest absolute Gasteiger partial charge is 0.356 e. The first-order valence-corrected chi connectivity index (χ1v) is 8.09. The van der Waals surface area contributed by atoms with Crippen molar-refractivity contribution in [3.63, 3.8) is 0 Å². The minimum Gasteiger partial charge on any atom is -0.356 e. The van der Waals surface area contributed by atoms with E-state index in [1.165, 1.54) is 12.8 Å². The van der Waals surface area contributed by atoms with Crippen molar-refractivity contribution in [1.82, 2.24) is 15.0 Å². The quantitative estimate of drug-likeness (QED) is 0.870. The van der Waals surface area contributed by atoms with Gasteiger partial charge in [-0.1, -0.05) is 17.3 Å². The Balaban J connectivity index is 1.45. The van der Waals surface area contributed by atoms with E-state index in [4.69, 9.17) is 4.52 Å². The van der Waals surface area contributed by atoms with Gasteiger partial charge in [0.25, 0.3) is 0 Å². The van der Waals surface area contributed by atoms with Crippen LogP contribution < -0.4 is 0 Å². The van der Waals surface area contributed by atoms with E-state index in [1.54, 1.807) is 0 Å². The molecule has 0 spiro atoms. The Hall–Kier alpha value is -1.88. The molecule has 1 atom stereocenters. The summed E-state index contributed by atoms with van der Waals surface area (Å²) in [6, 6.07) is 8.76. The number of piperazine rings is 1. The number of amides is 1. The highest BCUT2D eigenvalue weighted by atomic mass is 16.5. The van der Waals surface area contributed by atoms with Crippen molar-refractivity contribution in [1.29, 1.82) is 0 Å². The second-order valence-electron chi connectivity index (χ2n) is 6.46. The number of para-hydroxylation sites is 1. The summed E-state index contributed by atoms with van der Waals surface area (Å²) < 4.78 is 5.29. The number of hydrogen-bond acceptors (Lipinski definition) is 4. The summed E-state index contributed by atoms with van der Waals surface area (Å²) in [4.78, 5) is 17.2. The van der Waals surface area contributed by atoms with Crippen molar-refractivity contribution in [3.05, 3.63) is 30.0 Å². The van der Waals surface area contributed by atoms with Crippen LogP contribution in [-0.4, -0.2) is 52.6 Å². The molecule has 5 heteroatoms. The van der Waals surface area contributed by atoms with Gasteiger partial charge in [-0.2, -0.15) is 0 Å². The second-order valence-corrected chi connectivity index (χ2v) is 6.46. The molecule has 4 rings (SSSR count). The number of rotatable bonds is 3. The Morgan fingerprint density at radius 1 is 1.32 bits per heavy atom. The second kappa shape index (κ2) is 5.39. The molecule has 1 aromatic heterocycles. The monoisotopic (exact) mass is 299 g/mol. The summed E-state index contributed by atoms with van der Waals surface area (Å²) >= 11 is 0. The van der Waals surface area contributed by atoms with Gasteiger partial charge in [-0.3, -0.25) is 9.69 Å². The number of hydrogen-bond donors (Lipinski definition) is 0. The maximum atomic E-state index is 12.6. The molecule has 1 amide bonds. The Morgan fingerprint density at radius 3 is 2.91 bits per heavy atom. The highest BCUT2D eigenvalue weighted by molar-refractivity contribution is 5.86. The Labute approximate surface area is 129 Å². The molecule has 1 saturated heterocycles. The minimum absolute atomic E-state index is 0.155. The third-order valence-corrected chi connectivity index (χ3v) is 4.81. The zero-order chi connectivity index (χ0) is 15.1. The molecule has 22 heavy (non-hydrogen) atoms. The van der Waals surface area contributed by atoms with E-state index in [0.717, 1.165) is 42.3 Å². The Morgan fingerprint density at radius 2 is 2.14 bits per heavy atom. The van der Waals surface area contributed by atoms with Crippen molar-refractivity contribution < 1.29 is 9.32 Å². The van der Waals surface area contributed by atoms with Crippen LogP contribution in [-0.2, 0) is 11.2 Å². The highest BCUT2D eigenvalue weighted by Crippen LogP contribution is 2.29. The summed E-state index contributed by atoms with van der Waals surface area (Å²) in [6.07, 6.45) is 2.97. The van der Waals surface area contributed by atoms with Gasteiger partial charge in [0.2, 0.25) is 5.91 Å². The van der Waals surface area contributed by atoms with Crippen LogP contribution in [0.1, 0.15) is 25.5 Å². The van der Waals surface area contributed by atoms with Crippen molar-refractivity contribution in [2.75, 3.05) is 19.6 Å². The molecule has 0 bridgehead atoms. The average Bonchev–Trinajstić information content (AvgIpc) is 3.30. The lowest BCUT2D eigenvalue weighted by Crippen LogP contribution is -2.54. The molecule has 0 radical (unpaired) electrons. The van der Waals surface area contributed by atoms with Crippen LogP contribution in [0.4, 0.5) is 0 Å². The third kappa shape index (κ3) is 2.50. The summed E-state index contributed by atoms with van der Waals surface area (Å²) in [7, 11) is 0. The third-order valence-electron chi connectivity index (χ3n) is 4.81. The summed E-state index contributed by atoms with van der Waals surface area (Å²) in [5.41, 5.74) is 1.49. The molecule has 116 valence electrons. The molecule has 2 aromatic rings. The first-order chi connectivity index (χ1) is 10.7. The molecular weight excluding hydrogens is 278 g/mol. The van der Waals surface area contributed by atoms with E-state index in [2.05, 4.69) is 17.0 Å². The van der Waals surface area contributed by atoms with E-state index in [9.17, 15) is 4.79 Å². The topological polar surface area (TPSA) is 49.6 Å². The molecule has 1 aromatic carbocycles. The summed E-state index contributed by atoms with van der Waals surface area (Å²) in [5, 5.41) is 5.02. The molecule has 2 heterocycles. The first-order valence-electron chi connectivity index (χ1n) is 8.09. The van der Waals surface area contributed by atoms with E-state index in [-0.39, 0.29) is 11.9 Å².